The SMILES string of the molecule is C1CC(NCC2CCN(C3CC3)C2)CN1. The summed E-state index contributed by atoms with van der Waals surface area (Å²) in [5.41, 5.74) is 0. The van der Waals surface area contributed by atoms with Gasteiger partial charge in [0.05, 0.1) is 0 Å². The Morgan fingerprint density at radius 1 is 1.20 bits per heavy atom. The maximum absolute atomic E-state index is 3.71. The number of likely N-dealkylation sites (tertiary alicyclic amines) is 1. The molecular formula is C12H23N3. The average Bonchev–Trinajstić information content (AvgIpc) is 2.82. The van der Waals surface area contributed by atoms with Gasteiger partial charge in [0.1, 0.15) is 0 Å². The van der Waals surface area contributed by atoms with Gasteiger partial charge in [-0.15, -0.1) is 0 Å². The quantitative estimate of drug-likeness (QED) is 0.703. The van der Waals surface area contributed by atoms with E-state index in [9.17, 15) is 0 Å². The zero-order valence-corrected chi connectivity index (χ0v) is 9.54. The van der Waals surface area contributed by atoms with Crippen LogP contribution in [0.1, 0.15) is 25.7 Å². The molecule has 2 saturated heterocycles. The molecule has 3 heteroatoms. The standard InChI is InChI=1S/C12H23N3/c1-2-12(1)15-6-4-10(9-15)7-14-11-3-5-13-8-11/h10-14H,1-9H2. The van der Waals surface area contributed by atoms with Crippen LogP contribution in [0.3, 0.4) is 0 Å². The van der Waals surface area contributed by atoms with Gasteiger partial charge in [-0.2, -0.15) is 0 Å². The Hall–Kier alpha value is -0.120. The maximum atomic E-state index is 3.71. The first kappa shape index (κ1) is 10.1. The van der Waals surface area contributed by atoms with Crippen molar-refractivity contribution in [3.63, 3.8) is 0 Å². The fraction of sp³-hybridized carbons (Fsp3) is 1.00. The second-order valence-electron chi connectivity index (χ2n) is 5.48. The van der Waals surface area contributed by atoms with Crippen molar-refractivity contribution >= 4 is 0 Å². The van der Waals surface area contributed by atoms with Crippen LogP contribution in [0, 0.1) is 5.92 Å². The molecule has 2 heterocycles. The molecule has 0 radical (unpaired) electrons. The highest BCUT2D eigenvalue weighted by molar-refractivity contribution is 4.90. The maximum Gasteiger partial charge on any atom is 0.0204 e. The van der Waals surface area contributed by atoms with Crippen LogP contribution in [0.2, 0.25) is 0 Å². The van der Waals surface area contributed by atoms with Gasteiger partial charge in [-0.25, -0.2) is 0 Å². The molecule has 0 bridgehead atoms. The van der Waals surface area contributed by atoms with E-state index in [0.29, 0.717) is 0 Å². The van der Waals surface area contributed by atoms with E-state index in [1.807, 2.05) is 0 Å². The molecule has 86 valence electrons. The Kier molecular flexibility index (Phi) is 2.95. The summed E-state index contributed by atoms with van der Waals surface area (Å²) in [5, 5.41) is 7.13. The van der Waals surface area contributed by atoms with Crippen LogP contribution >= 0.6 is 0 Å². The lowest BCUT2D eigenvalue weighted by molar-refractivity contribution is 0.310. The van der Waals surface area contributed by atoms with E-state index in [1.165, 1.54) is 58.4 Å². The lowest BCUT2D eigenvalue weighted by atomic mass is 10.1. The molecule has 0 amide bonds. The fourth-order valence-corrected chi connectivity index (χ4v) is 2.96. The van der Waals surface area contributed by atoms with Gasteiger partial charge in [-0.1, -0.05) is 0 Å². The number of hydrogen-bond acceptors (Lipinski definition) is 3. The smallest absolute Gasteiger partial charge is 0.0204 e. The van der Waals surface area contributed by atoms with Crippen molar-refractivity contribution in [3.8, 4) is 0 Å². The van der Waals surface area contributed by atoms with Crippen LogP contribution in [-0.2, 0) is 0 Å². The first-order valence-electron chi connectivity index (χ1n) is 6.60. The largest absolute Gasteiger partial charge is 0.315 e. The van der Waals surface area contributed by atoms with Gasteiger partial charge < -0.3 is 15.5 Å². The van der Waals surface area contributed by atoms with Crippen LogP contribution in [0.4, 0.5) is 0 Å². The molecule has 1 saturated carbocycles. The van der Waals surface area contributed by atoms with Gasteiger partial charge in [0.2, 0.25) is 0 Å². The van der Waals surface area contributed by atoms with Gasteiger partial charge in [0.25, 0.3) is 0 Å². The van der Waals surface area contributed by atoms with Crippen molar-refractivity contribution in [2.75, 3.05) is 32.7 Å². The van der Waals surface area contributed by atoms with Gasteiger partial charge in [0.15, 0.2) is 0 Å². The lowest BCUT2D eigenvalue weighted by Crippen LogP contribution is -2.35. The van der Waals surface area contributed by atoms with Crippen molar-refractivity contribution in [1.29, 1.82) is 0 Å². The monoisotopic (exact) mass is 209 g/mol. The Labute approximate surface area is 92.6 Å². The molecule has 2 unspecified atom stereocenters. The predicted molar refractivity (Wildman–Crippen MR) is 62.0 cm³/mol. The van der Waals surface area contributed by atoms with E-state index in [0.717, 1.165) is 18.0 Å². The summed E-state index contributed by atoms with van der Waals surface area (Å²) in [6, 6.07) is 1.73. The minimum Gasteiger partial charge on any atom is -0.315 e. The number of rotatable bonds is 4. The Balaban J connectivity index is 1.37. The molecule has 2 N–H and O–H groups in total. The Bertz CT molecular complexity index is 209. The van der Waals surface area contributed by atoms with Gasteiger partial charge in [0, 0.05) is 25.2 Å². The average molecular weight is 209 g/mol. The normalized spacial score (nSPS) is 37.6. The first-order valence-corrected chi connectivity index (χ1v) is 6.60. The van der Waals surface area contributed by atoms with E-state index >= 15 is 0 Å². The summed E-state index contributed by atoms with van der Waals surface area (Å²) >= 11 is 0. The highest BCUT2D eigenvalue weighted by atomic mass is 15.2. The Morgan fingerprint density at radius 3 is 2.87 bits per heavy atom. The summed E-state index contributed by atoms with van der Waals surface area (Å²) in [6.45, 7) is 6.35. The lowest BCUT2D eigenvalue weighted by Gasteiger charge is -2.17. The van der Waals surface area contributed by atoms with E-state index in [2.05, 4.69) is 15.5 Å². The molecule has 2 aliphatic heterocycles. The third-order valence-corrected chi connectivity index (χ3v) is 4.14. The van der Waals surface area contributed by atoms with E-state index in [4.69, 9.17) is 0 Å². The third-order valence-electron chi connectivity index (χ3n) is 4.14. The molecule has 3 rings (SSSR count). The van der Waals surface area contributed by atoms with E-state index in [1.54, 1.807) is 0 Å². The second-order valence-corrected chi connectivity index (χ2v) is 5.48. The molecule has 2 atom stereocenters. The highest BCUT2D eigenvalue weighted by Crippen LogP contribution is 2.31. The second kappa shape index (κ2) is 4.40. The summed E-state index contributed by atoms with van der Waals surface area (Å²) in [7, 11) is 0. The molecule has 0 spiro atoms. The summed E-state index contributed by atoms with van der Waals surface area (Å²) in [6.07, 6.45) is 5.67. The molecule has 0 aromatic rings. The van der Waals surface area contributed by atoms with E-state index in [-0.39, 0.29) is 0 Å². The Morgan fingerprint density at radius 2 is 2.13 bits per heavy atom. The van der Waals surface area contributed by atoms with Crippen LogP contribution in [0.25, 0.3) is 0 Å². The summed E-state index contributed by atoms with van der Waals surface area (Å²) in [4.78, 5) is 2.71. The van der Waals surface area contributed by atoms with Crippen molar-refractivity contribution in [1.82, 2.24) is 15.5 Å². The molecule has 0 aromatic carbocycles. The highest BCUT2D eigenvalue weighted by Gasteiger charge is 2.34. The zero-order chi connectivity index (χ0) is 10.1. The first-order chi connectivity index (χ1) is 7.42. The molecule has 0 aromatic heterocycles. The minimum absolute atomic E-state index is 0.750. The van der Waals surface area contributed by atoms with Crippen molar-refractivity contribution in [3.05, 3.63) is 0 Å². The number of nitrogens with one attached hydrogen (secondary N) is 2. The molecule has 15 heavy (non-hydrogen) atoms. The van der Waals surface area contributed by atoms with Crippen molar-refractivity contribution in [2.24, 2.45) is 5.92 Å². The third kappa shape index (κ3) is 2.52. The van der Waals surface area contributed by atoms with Gasteiger partial charge in [-0.3, -0.25) is 0 Å². The van der Waals surface area contributed by atoms with Crippen LogP contribution in [-0.4, -0.2) is 49.7 Å². The molecule has 3 nitrogen and oxygen atoms in total. The molecule has 3 aliphatic rings. The van der Waals surface area contributed by atoms with Gasteiger partial charge >= 0.3 is 0 Å². The number of nitrogens with zero attached hydrogens (tertiary/aromatic N) is 1. The summed E-state index contributed by atoms with van der Waals surface area (Å²) < 4.78 is 0. The zero-order valence-electron chi connectivity index (χ0n) is 9.54. The van der Waals surface area contributed by atoms with E-state index < -0.39 is 0 Å². The molecule has 3 fully saturated rings. The van der Waals surface area contributed by atoms with Crippen LogP contribution < -0.4 is 10.6 Å². The minimum atomic E-state index is 0.750. The van der Waals surface area contributed by atoms with Gasteiger partial charge in [-0.05, 0) is 51.2 Å². The molecular weight excluding hydrogens is 186 g/mol. The van der Waals surface area contributed by atoms with Crippen LogP contribution in [0.5, 0.6) is 0 Å². The van der Waals surface area contributed by atoms with Crippen molar-refractivity contribution in [2.45, 2.75) is 37.8 Å². The topological polar surface area (TPSA) is 27.3 Å². The van der Waals surface area contributed by atoms with Crippen LogP contribution in [0.15, 0.2) is 0 Å². The summed E-state index contributed by atoms with van der Waals surface area (Å²) in [5.74, 6) is 0.922. The predicted octanol–water partition coefficient (Wildman–Crippen LogP) is 0.422. The number of hydrogen-bond donors (Lipinski definition) is 2. The fourth-order valence-electron chi connectivity index (χ4n) is 2.96. The molecule has 1 aliphatic carbocycles. The van der Waals surface area contributed by atoms with Crippen molar-refractivity contribution < 1.29 is 0 Å².